The average molecular weight is 316 g/mol. The van der Waals surface area contributed by atoms with E-state index in [1.165, 1.54) is 0 Å². The van der Waals surface area contributed by atoms with E-state index in [4.69, 9.17) is 9.26 Å². The summed E-state index contributed by atoms with van der Waals surface area (Å²) in [6.45, 7) is 5.63. The van der Waals surface area contributed by atoms with Gasteiger partial charge in [0.1, 0.15) is 22.7 Å². The third-order valence-electron chi connectivity index (χ3n) is 4.76. The van der Waals surface area contributed by atoms with Gasteiger partial charge in [0.25, 0.3) is 5.91 Å². The van der Waals surface area contributed by atoms with E-state index in [-0.39, 0.29) is 5.91 Å². The summed E-state index contributed by atoms with van der Waals surface area (Å²) in [5.41, 5.74) is 2.90. The molecular formula is C16H20N4O3. The van der Waals surface area contributed by atoms with Crippen LogP contribution in [-0.2, 0) is 22.5 Å². The first-order valence-electron chi connectivity index (χ1n) is 8.00. The van der Waals surface area contributed by atoms with Crippen LogP contribution >= 0.6 is 0 Å². The molecule has 1 atom stereocenters. The van der Waals surface area contributed by atoms with Crippen LogP contribution < -0.4 is 0 Å². The zero-order chi connectivity index (χ0) is 16.0. The van der Waals surface area contributed by atoms with Crippen molar-refractivity contribution in [2.45, 2.75) is 45.3 Å². The number of ether oxygens (including phenoxy) is 1. The molecule has 2 aromatic heterocycles. The van der Waals surface area contributed by atoms with E-state index >= 15 is 0 Å². The first-order valence-corrected chi connectivity index (χ1v) is 8.00. The standard InChI is InChI=1S/C16H20N4O3/c1-10-8-13(19-23-10)14-11-9-20(6-4-12(11)17-18-14)15(21)16(2)5-3-7-22-16/h8H,3-7,9H2,1-2H3,(H,17,18)/t16-/m0/s1. The molecule has 1 fully saturated rings. The minimum atomic E-state index is -0.675. The largest absolute Gasteiger partial charge is 0.365 e. The highest BCUT2D eigenvalue weighted by molar-refractivity contribution is 5.85. The summed E-state index contributed by atoms with van der Waals surface area (Å²) in [6.07, 6.45) is 2.49. The van der Waals surface area contributed by atoms with Crippen LogP contribution in [-0.4, -0.2) is 44.9 Å². The first kappa shape index (κ1) is 14.4. The van der Waals surface area contributed by atoms with E-state index in [2.05, 4.69) is 15.4 Å². The Morgan fingerprint density at radius 2 is 2.35 bits per heavy atom. The number of aromatic nitrogens is 3. The van der Waals surface area contributed by atoms with E-state index in [1.54, 1.807) is 0 Å². The van der Waals surface area contributed by atoms with Crippen molar-refractivity contribution >= 4 is 5.91 Å². The zero-order valence-corrected chi connectivity index (χ0v) is 13.4. The third-order valence-corrected chi connectivity index (χ3v) is 4.76. The lowest BCUT2D eigenvalue weighted by Crippen LogP contribution is -2.48. The van der Waals surface area contributed by atoms with Crippen molar-refractivity contribution in [2.24, 2.45) is 0 Å². The van der Waals surface area contributed by atoms with Crippen molar-refractivity contribution < 1.29 is 14.1 Å². The number of H-pyrrole nitrogens is 1. The third kappa shape index (κ3) is 2.35. The number of amides is 1. The summed E-state index contributed by atoms with van der Waals surface area (Å²) >= 11 is 0. The molecule has 0 radical (unpaired) electrons. The molecule has 4 heterocycles. The van der Waals surface area contributed by atoms with Crippen LogP contribution in [0.5, 0.6) is 0 Å². The maximum atomic E-state index is 12.8. The number of aryl methyl sites for hydroxylation is 1. The predicted octanol–water partition coefficient (Wildman–Crippen LogP) is 1.83. The van der Waals surface area contributed by atoms with Crippen molar-refractivity contribution in [3.8, 4) is 11.4 Å². The molecule has 0 unspecified atom stereocenters. The highest BCUT2D eigenvalue weighted by Crippen LogP contribution is 2.32. The smallest absolute Gasteiger partial charge is 0.254 e. The van der Waals surface area contributed by atoms with Gasteiger partial charge in [-0.05, 0) is 26.7 Å². The lowest BCUT2D eigenvalue weighted by atomic mass is 9.97. The number of nitrogens with zero attached hydrogens (tertiary/aromatic N) is 3. The number of carbonyl (C=O) groups excluding carboxylic acids is 1. The van der Waals surface area contributed by atoms with E-state index in [9.17, 15) is 4.79 Å². The molecule has 1 amide bonds. The van der Waals surface area contributed by atoms with Crippen molar-refractivity contribution in [3.05, 3.63) is 23.1 Å². The number of carbonyl (C=O) groups is 1. The Morgan fingerprint density at radius 3 is 3.04 bits per heavy atom. The summed E-state index contributed by atoms with van der Waals surface area (Å²) in [6, 6.07) is 1.86. The summed E-state index contributed by atoms with van der Waals surface area (Å²) in [4.78, 5) is 14.7. The summed E-state index contributed by atoms with van der Waals surface area (Å²) in [5, 5.41) is 11.5. The fourth-order valence-electron chi connectivity index (χ4n) is 3.44. The van der Waals surface area contributed by atoms with Crippen LogP contribution in [0.15, 0.2) is 10.6 Å². The Morgan fingerprint density at radius 1 is 1.48 bits per heavy atom. The summed E-state index contributed by atoms with van der Waals surface area (Å²) in [5.74, 6) is 0.816. The number of hydrogen-bond acceptors (Lipinski definition) is 5. The molecule has 2 aliphatic rings. The van der Waals surface area contributed by atoms with Gasteiger partial charge in [-0.3, -0.25) is 9.89 Å². The molecular weight excluding hydrogens is 296 g/mol. The Hall–Kier alpha value is -2.15. The van der Waals surface area contributed by atoms with Crippen molar-refractivity contribution in [1.29, 1.82) is 0 Å². The van der Waals surface area contributed by atoms with Crippen LogP contribution in [0, 0.1) is 6.92 Å². The van der Waals surface area contributed by atoms with Crippen molar-refractivity contribution in [3.63, 3.8) is 0 Å². The Kier molecular flexibility index (Phi) is 3.26. The Bertz CT molecular complexity index is 742. The molecule has 0 spiro atoms. The molecule has 0 aromatic carbocycles. The number of hydrogen-bond donors (Lipinski definition) is 1. The predicted molar refractivity (Wildman–Crippen MR) is 81.5 cm³/mol. The Labute approximate surface area is 134 Å². The monoisotopic (exact) mass is 316 g/mol. The lowest BCUT2D eigenvalue weighted by Gasteiger charge is -2.33. The maximum Gasteiger partial charge on any atom is 0.254 e. The van der Waals surface area contributed by atoms with Gasteiger partial charge in [0, 0.05) is 43.4 Å². The number of fused-ring (bicyclic) bond motifs is 1. The van der Waals surface area contributed by atoms with Crippen molar-refractivity contribution in [2.75, 3.05) is 13.2 Å². The Balaban J connectivity index is 1.61. The minimum Gasteiger partial charge on any atom is -0.365 e. The fourth-order valence-corrected chi connectivity index (χ4v) is 3.44. The van der Waals surface area contributed by atoms with Gasteiger partial charge < -0.3 is 14.2 Å². The van der Waals surface area contributed by atoms with E-state index in [1.807, 2.05) is 24.8 Å². The van der Waals surface area contributed by atoms with Gasteiger partial charge in [-0.25, -0.2) is 0 Å². The van der Waals surface area contributed by atoms with Crippen LogP contribution in [0.4, 0.5) is 0 Å². The molecule has 0 saturated carbocycles. The second-order valence-corrected chi connectivity index (χ2v) is 6.51. The molecule has 1 saturated heterocycles. The number of nitrogens with one attached hydrogen (secondary N) is 1. The molecule has 0 aliphatic carbocycles. The maximum absolute atomic E-state index is 12.8. The topological polar surface area (TPSA) is 84.2 Å². The van der Waals surface area contributed by atoms with Crippen LogP contribution in [0.25, 0.3) is 11.4 Å². The van der Waals surface area contributed by atoms with Gasteiger partial charge in [0.05, 0.1) is 0 Å². The molecule has 1 N–H and O–H groups in total. The van der Waals surface area contributed by atoms with E-state index < -0.39 is 5.60 Å². The molecule has 7 nitrogen and oxygen atoms in total. The minimum absolute atomic E-state index is 0.0733. The quantitative estimate of drug-likeness (QED) is 0.913. The average Bonchev–Trinajstić information content (AvgIpc) is 3.26. The zero-order valence-electron chi connectivity index (χ0n) is 13.4. The number of rotatable bonds is 2. The molecule has 2 aliphatic heterocycles. The van der Waals surface area contributed by atoms with Crippen LogP contribution in [0.1, 0.15) is 36.8 Å². The number of aromatic amines is 1. The normalized spacial score (nSPS) is 24.0. The fraction of sp³-hybridized carbons (Fsp3) is 0.562. The van der Waals surface area contributed by atoms with Gasteiger partial charge in [-0.1, -0.05) is 5.16 Å². The summed E-state index contributed by atoms with van der Waals surface area (Å²) < 4.78 is 10.8. The van der Waals surface area contributed by atoms with E-state index in [0.717, 1.165) is 42.0 Å². The van der Waals surface area contributed by atoms with Gasteiger partial charge in [0.2, 0.25) is 0 Å². The highest BCUT2D eigenvalue weighted by Gasteiger charge is 2.41. The lowest BCUT2D eigenvalue weighted by molar-refractivity contribution is -0.152. The molecule has 4 rings (SSSR count). The molecule has 122 valence electrons. The highest BCUT2D eigenvalue weighted by atomic mass is 16.5. The molecule has 2 aromatic rings. The van der Waals surface area contributed by atoms with Crippen LogP contribution in [0.3, 0.4) is 0 Å². The molecule has 0 bridgehead atoms. The van der Waals surface area contributed by atoms with Gasteiger partial charge in [-0.15, -0.1) is 0 Å². The van der Waals surface area contributed by atoms with Crippen LogP contribution in [0.2, 0.25) is 0 Å². The first-order chi connectivity index (χ1) is 11.1. The molecule has 23 heavy (non-hydrogen) atoms. The second kappa shape index (κ2) is 5.19. The second-order valence-electron chi connectivity index (χ2n) is 6.51. The van der Waals surface area contributed by atoms with Gasteiger partial charge in [0.15, 0.2) is 0 Å². The molecule has 7 heteroatoms. The summed E-state index contributed by atoms with van der Waals surface area (Å²) in [7, 11) is 0. The van der Waals surface area contributed by atoms with E-state index in [0.29, 0.717) is 25.4 Å². The van der Waals surface area contributed by atoms with Gasteiger partial charge in [-0.2, -0.15) is 5.10 Å². The van der Waals surface area contributed by atoms with Gasteiger partial charge >= 0.3 is 0 Å². The van der Waals surface area contributed by atoms with Crippen molar-refractivity contribution in [1.82, 2.24) is 20.3 Å². The SMILES string of the molecule is Cc1cc(-c2n[nH]c3c2CN(C(=O)[C@]2(C)CCCO2)CC3)no1.